The Morgan fingerprint density at radius 2 is 2.46 bits per heavy atom. The largest absolute Gasteiger partial charge is 0.494 e. The Labute approximate surface area is 87.8 Å². The van der Waals surface area contributed by atoms with Gasteiger partial charge in [0, 0.05) is 6.42 Å². The van der Waals surface area contributed by atoms with Gasteiger partial charge in [-0.3, -0.25) is 0 Å². The van der Waals surface area contributed by atoms with Crippen LogP contribution in [0, 0.1) is 0 Å². The Kier molecular flexibility index (Phi) is 4.64. The SMILES string of the molecule is OC1CC=C(OCC=C(Cl)Cl)CC1. The van der Waals surface area contributed by atoms with Gasteiger partial charge in [0.2, 0.25) is 0 Å². The van der Waals surface area contributed by atoms with Crippen molar-refractivity contribution in [3.05, 3.63) is 22.4 Å². The first kappa shape index (κ1) is 10.9. The van der Waals surface area contributed by atoms with Crippen LogP contribution in [0.1, 0.15) is 19.3 Å². The molecule has 13 heavy (non-hydrogen) atoms. The molecule has 0 heterocycles. The second-order valence-electron chi connectivity index (χ2n) is 2.90. The summed E-state index contributed by atoms with van der Waals surface area (Å²) in [7, 11) is 0. The quantitative estimate of drug-likeness (QED) is 0.797. The molecule has 1 atom stereocenters. The van der Waals surface area contributed by atoms with Crippen LogP contribution >= 0.6 is 23.2 Å². The van der Waals surface area contributed by atoms with Crippen LogP contribution in [0.4, 0.5) is 0 Å². The third kappa shape index (κ3) is 4.55. The smallest absolute Gasteiger partial charge is 0.108 e. The third-order valence-electron chi connectivity index (χ3n) is 1.85. The molecule has 0 bridgehead atoms. The van der Waals surface area contributed by atoms with Crippen molar-refractivity contribution in [2.75, 3.05) is 6.61 Å². The summed E-state index contributed by atoms with van der Waals surface area (Å²) in [5, 5.41) is 9.19. The summed E-state index contributed by atoms with van der Waals surface area (Å²) in [5.41, 5.74) is 0. The molecule has 0 saturated heterocycles. The van der Waals surface area contributed by atoms with Crippen molar-refractivity contribution in [3.63, 3.8) is 0 Å². The van der Waals surface area contributed by atoms with Crippen LogP contribution in [-0.4, -0.2) is 17.8 Å². The van der Waals surface area contributed by atoms with E-state index in [-0.39, 0.29) is 10.6 Å². The summed E-state index contributed by atoms with van der Waals surface area (Å²) in [6.45, 7) is 0.393. The van der Waals surface area contributed by atoms with Crippen LogP contribution < -0.4 is 0 Å². The third-order valence-corrected chi connectivity index (χ3v) is 2.16. The van der Waals surface area contributed by atoms with Gasteiger partial charge in [0.05, 0.1) is 11.9 Å². The normalized spacial score (nSPS) is 22.1. The first-order valence-electron chi connectivity index (χ1n) is 4.19. The minimum absolute atomic E-state index is 0.209. The van der Waals surface area contributed by atoms with Gasteiger partial charge < -0.3 is 9.84 Å². The van der Waals surface area contributed by atoms with Gasteiger partial charge in [0.25, 0.3) is 0 Å². The monoisotopic (exact) mass is 222 g/mol. The molecule has 1 aliphatic rings. The van der Waals surface area contributed by atoms with Crippen molar-refractivity contribution in [2.45, 2.75) is 25.4 Å². The lowest BCUT2D eigenvalue weighted by molar-refractivity contribution is 0.139. The Morgan fingerprint density at radius 1 is 1.69 bits per heavy atom. The molecule has 0 aromatic heterocycles. The highest BCUT2D eigenvalue weighted by Crippen LogP contribution is 2.19. The molecule has 0 aromatic carbocycles. The summed E-state index contributed by atoms with van der Waals surface area (Å²) in [6.07, 6.45) is 5.52. The first-order valence-corrected chi connectivity index (χ1v) is 4.95. The van der Waals surface area contributed by atoms with E-state index in [0.717, 1.165) is 18.6 Å². The lowest BCUT2D eigenvalue weighted by Gasteiger charge is -2.17. The fourth-order valence-corrected chi connectivity index (χ4v) is 1.27. The summed E-state index contributed by atoms with van der Waals surface area (Å²) < 4.78 is 5.57. The van der Waals surface area contributed by atoms with Crippen molar-refractivity contribution in [2.24, 2.45) is 0 Å². The van der Waals surface area contributed by atoms with Gasteiger partial charge in [0.1, 0.15) is 11.1 Å². The predicted octanol–water partition coefficient (Wildman–Crippen LogP) is 2.75. The summed E-state index contributed by atoms with van der Waals surface area (Å²) in [5.74, 6) is 0.913. The molecule has 0 spiro atoms. The minimum atomic E-state index is -0.209. The Hall–Kier alpha value is -0.180. The van der Waals surface area contributed by atoms with Crippen LogP contribution in [0.3, 0.4) is 0 Å². The zero-order valence-electron chi connectivity index (χ0n) is 7.17. The summed E-state index contributed by atoms with van der Waals surface area (Å²) in [4.78, 5) is 0. The zero-order chi connectivity index (χ0) is 9.68. The highest BCUT2D eigenvalue weighted by molar-refractivity contribution is 6.55. The van der Waals surface area contributed by atoms with Crippen molar-refractivity contribution in [1.82, 2.24) is 0 Å². The number of aliphatic hydroxyl groups excluding tert-OH is 1. The van der Waals surface area contributed by atoms with Crippen LogP contribution in [0.15, 0.2) is 22.4 Å². The molecule has 0 amide bonds. The van der Waals surface area contributed by atoms with E-state index < -0.39 is 0 Å². The van der Waals surface area contributed by atoms with Gasteiger partial charge in [-0.25, -0.2) is 0 Å². The maximum atomic E-state index is 9.19. The number of hydrogen-bond donors (Lipinski definition) is 1. The Bertz CT molecular complexity index is 220. The molecule has 1 rings (SSSR count). The molecular weight excluding hydrogens is 211 g/mol. The standard InChI is InChI=1S/C9H12Cl2O2/c10-9(11)5-6-13-8-3-1-7(12)2-4-8/h3,5,7,12H,1-2,4,6H2. The van der Waals surface area contributed by atoms with Gasteiger partial charge in [-0.2, -0.15) is 0 Å². The van der Waals surface area contributed by atoms with Gasteiger partial charge in [-0.05, 0) is 25.0 Å². The maximum Gasteiger partial charge on any atom is 0.108 e. The molecule has 0 aliphatic heterocycles. The van der Waals surface area contributed by atoms with E-state index in [1.807, 2.05) is 6.08 Å². The molecule has 1 aliphatic carbocycles. The van der Waals surface area contributed by atoms with E-state index in [0.29, 0.717) is 13.0 Å². The van der Waals surface area contributed by atoms with E-state index in [4.69, 9.17) is 27.9 Å². The van der Waals surface area contributed by atoms with E-state index in [2.05, 4.69) is 0 Å². The van der Waals surface area contributed by atoms with E-state index in [9.17, 15) is 5.11 Å². The zero-order valence-corrected chi connectivity index (χ0v) is 8.68. The molecule has 0 saturated carbocycles. The Balaban J connectivity index is 2.26. The highest BCUT2D eigenvalue weighted by atomic mass is 35.5. The molecule has 0 fully saturated rings. The van der Waals surface area contributed by atoms with Crippen LogP contribution in [0.2, 0.25) is 0 Å². The topological polar surface area (TPSA) is 29.5 Å². The van der Waals surface area contributed by atoms with Crippen molar-refractivity contribution in [3.8, 4) is 0 Å². The highest BCUT2D eigenvalue weighted by Gasteiger charge is 2.11. The second kappa shape index (κ2) is 5.53. The van der Waals surface area contributed by atoms with Gasteiger partial charge in [-0.1, -0.05) is 23.2 Å². The van der Waals surface area contributed by atoms with Crippen LogP contribution in [0.5, 0.6) is 0 Å². The lowest BCUT2D eigenvalue weighted by Crippen LogP contribution is -2.11. The molecule has 2 nitrogen and oxygen atoms in total. The molecule has 0 radical (unpaired) electrons. The number of ether oxygens (including phenoxy) is 1. The summed E-state index contributed by atoms with van der Waals surface area (Å²) in [6, 6.07) is 0. The summed E-state index contributed by atoms with van der Waals surface area (Å²) >= 11 is 10.8. The Morgan fingerprint density at radius 3 is 3.00 bits per heavy atom. The molecule has 0 aromatic rings. The van der Waals surface area contributed by atoms with Gasteiger partial charge in [0.15, 0.2) is 0 Å². The minimum Gasteiger partial charge on any atom is -0.494 e. The molecule has 1 unspecified atom stereocenters. The van der Waals surface area contributed by atoms with Crippen molar-refractivity contribution in [1.29, 1.82) is 0 Å². The van der Waals surface area contributed by atoms with E-state index in [1.165, 1.54) is 0 Å². The molecular formula is C9H12Cl2O2. The molecule has 74 valence electrons. The number of halogens is 2. The second-order valence-corrected chi connectivity index (χ2v) is 3.91. The van der Waals surface area contributed by atoms with E-state index in [1.54, 1.807) is 6.08 Å². The predicted molar refractivity (Wildman–Crippen MR) is 53.7 cm³/mol. The van der Waals surface area contributed by atoms with Crippen molar-refractivity contribution < 1.29 is 9.84 Å². The number of aliphatic hydroxyl groups is 1. The molecule has 4 heteroatoms. The average Bonchev–Trinajstić information content (AvgIpc) is 2.08. The fraction of sp³-hybridized carbons (Fsp3) is 0.556. The fourth-order valence-electron chi connectivity index (χ4n) is 1.14. The first-order chi connectivity index (χ1) is 6.18. The average molecular weight is 223 g/mol. The van der Waals surface area contributed by atoms with Gasteiger partial charge >= 0.3 is 0 Å². The molecule has 1 N–H and O–H groups in total. The number of hydrogen-bond acceptors (Lipinski definition) is 2. The lowest BCUT2D eigenvalue weighted by atomic mass is 10.0. The number of rotatable bonds is 3. The maximum absolute atomic E-state index is 9.19. The van der Waals surface area contributed by atoms with Crippen LogP contribution in [0.25, 0.3) is 0 Å². The van der Waals surface area contributed by atoms with Crippen LogP contribution in [-0.2, 0) is 4.74 Å². The number of allylic oxidation sites excluding steroid dienone is 1. The van der Waals surface area contributed by atoms with Crippen molar-refractivity contribution >= 4 is 23.2 Å². The van der Waals surface area contributed by atoms with E-state index >= 15 is 0 Å². The van der Waals surface area contributed by atoms with Gasteiger partial charge in [-0.15, -0.1) is 0 Å².